The van der Waals surface area contributed by atoms with Gasteiger partial charge in [-0.05, 0) is 30.4 Å². The molecule has 21 heavy (non-hydrogen) atoms. The highest BCUT2D eigenvalue weighted by Crippen LogP contribution is 2.44. The van der Waals surface area contributed by atoms with E-state index in [0.717, 1.165) is 13.0 Å². The number of hydrogen-bond donors (Lipinski definition) is 0. The first-order valence-corrected chi connectivity index (χ1v) is 7.92. The summed E-state index contributed by atoms with van der Waals surface area (Å²) >= 11 is 0. The van der Waals surface area contributed by atoms with Crippen molar-refractivity contribution < 1.29 is 4.74 Å². The zero-order valence-electron chi connectivity index (χ0n) is 12.2. The standard InChI is InChI=1S/C19H21NO/c1-3-8-15(9-4-1)17-12-7-13-19-20(17)18(14-21-19)16-10-5-2-6-11-16/h1-6,8-11,17-19H,7,12-14H2/t17-,18-,19+/m1/s1. The molecule has 3 atom stereocenters. The third kappa shape index (κ3) is 2.39. The average Bonchev–Trinajstić information content (AvgIpc) is 3.00. The Kier molecular flexibility index (Phi) is 3.50. The van der Waals surface area contributed by atoms with E-state index in [1.165, 1.54) is 24.0 Å². The van der Waals surface area contributed by atoms with Gasteiger partial charge in [0.1, 0.15) is 6.23 Å². The summed E-state index contributed by atoms with van der Waals surface area (Å²) in [6.07, 6.45) is 3.93. The van der Waals surface area contributed by atoms with Crippen LogP contribution >= 0.6 is 0 Å². The van der Waals surface area contributed by atoms with Crippen LogP contribution in [0.25, 0.3) is 0 Å². The van der Waals surface area contributed by atoms with Crippen LogP contribution in [0.4, 0.5) is 0 Å². The maximum Gasteiger partial charge on any atom is 0.111 e. The maximum absolute atomic E-state index is 6.10. The fourth-order valence-corrected chi connectivity index (χ4v) is 3.82. The van der Waals surface area contributed by atoms with Gasteiger partial charge < -0.3 is 4.74 Å². The molecule has 0 N–H and O–H groups in total. The summed E-state index contributed by atoms with van der Waals surface area (Å²) in [7, 11) is 0. The molecule has 0 bridgehead atoms. The van der Waals surface area contributed by atoms with Crippen LogP contribution in [0, 0.1) is 0 Å². The van der Waals surface area contributed by atoms with E-state index < -0.39 is 0 Å². The van der Waals surface area contributed by atoms with Crippen molar-refractivity contribution in [3.05, 3.63) is 71.8 Å². The first-order chi connectivity index (χ1) is 10.4. The zero-order valence-corrected chi connectivity index (χ0v) is 12.2. The van der Waals surface area contributed by atoms with E-state index >= 15 is 0 Å². The van der Waals surface area contributed by atoms with Gasteiger partial charge in [-0.2, -0.15) is 0 Å². The topological polar surface area (TPSA) is 12.5 Å². The van der Waals surface area contributed by atoms with Crippen molar-refractivity contribution in [1.29, 1.82) is 0 Å². The van der Waals surface area contributed by atoms with E-state index in [9.17, 15) is 0 Å². The minimum absolute atomic E-state index is 0.286. The van der Waals surface area contributed by atoms with Crippen LogP contribution in [-0.4, -0.2) is 17.7 Å². The number of rotatable bonds is 2. The lowest BCUT2D eigenvalue weighted by molar-refractivity contribution is -0.0271. The van der Waals surface area contributed by atoms with Crippen LogP contribution < -0.4 is 0 Å². The first-order valence-electron chi connectivity index (χ1n) is 7.92. The normalized spacial score (nSPS) is 29.2. The monoisotopic (exact) mass is 279 g/mol. The van der Waals surface area contributed by atoms with Crippen molar-refractivity contribution >= 4 is 0 Å². The molecule has 2 aromatic carbocycles. The van der Waals surface area contributed by atoms with E-state index in [4.69, 9.17) is 4.74 Å². The van der Waals surface area contributed by atoms with E-state index in [-0.39, 0.29) is 6.23 Å². The summed E-state index contributed by atoms with van der Waals surface area (Å²) in [5.41, 5.74) is 2.80. The van der Waals surface area contributed by atoms with Crippen molar-refractivity contribution in [2.75, 3.05) is 6.61 Å². The lowest BCUT2D eigenvalue weighted by Gasteiger charge is -2.40. The third-order valence-corrected chi connectivity index (χ3v) is 4.80. The highest BCUT2D eigenvalue weighted by atomic mass is 16.5. The second-order valence-electron chi connectivity index (χ2n) is 6.02. The second kappa shape index (κ2) is 5.63. The molecule has 0 radical (unpaired) electrons. The molecule has 0 unspecified atom stereocenters. The molecule has 2 nitrogen and oxygen atoms in total. The van der Waals surface area contributed by atoms with E-state index in [1.807, 2.05) is 0 Å². The second-order valence-corrected chi connectivity index (χ2v) is 6.02. The molecule has 0 spiro atoms. The Morgan fingerprint density at radius 1 is 0.762 bits per heavy atom. The molecule has 108 valence electrons. The van der Waals surface area contributed by atoms with Gasteiger partial charge in [0.05, 0.1) is 12.6 Å². The molecule has 2 heterocycles. The molecule has 0 aromatic heterocycles. The number of piperidine rings is 1. The molecular weight excluding hydrogens is 258 g/mol. The summed E-state index contributed by atoms with van der Waals surface area (Å²) in [5, 5.41) is 0. The van der Waals surface area contributed by atoms with Crippen LogP contribution in [-0.2, 0) is 4.74 Å². The summed E-state index contributed by atoms with van der Waals surface area (Å²) in [5.74, 6) is 0. The van der Waals surface area contributed by atoms with E-state index in [0.29, 0.717) is 12.1 Å². The van der Waals surface area contributed by atoms with Crippen molar-refractivity contribution in [3.8, 4) is 0 Å². The van der Waals surface area contributed by atoms with Crippen LogP contribution in [0.15, 0.2) is 60.7 Å². The van der Waals surface area contributed by atoms with Crippen molar-refractivity contribution in [1.82, 2.24) is 4.90 Å². The predicted octanol–water partition coefficient (Wildman–Crippen LogP) is 4.31. The van der Waals surface area contributed by atoms with Gasteiger partial charge in [0, 0.05) is 6.04 Å². The third-order valence-electron chi connectivity index (χ3n) is 4.80. The van der Waals surface area contributed by atoms with Gasteiger partial charge in [-0.25, -0.2) is 0 Å². The molecule has 0 aliphatic carbocycles. The lowest BCUT2D eigenvalue weighted by Crippen LogP contribution is -2.39. The van der Waals surface area contributed by atoms with Gasteiger partial charge in [-0.1, -0.05) is 60.7 Å². The molecule has 2 heteroatoms. The Morgan fingerprint density at radius 2 is 1.38 bits per heavy atom. The van der Waals surface area contributed by atoms with Gasteiger partial charge in [0.25, 0.3) is 0 Å². The Labute approximate surface area is 126 Å². The Morgan fingerprint density at radius 3 is 2.05 bits per heavy atom. The number of fused-ring (bicyclic) bond motifs is 1. The van der Waals surface area contributed by atoms with Crippen LogP contribution in [0.5, 0.6) is 0 Å². The Balaban J connectivity index is 1.69. The highest BCUT2D eigenvalue weighted by Gasteiger charge is 2.42. The largest absolute Gasteiger partial charge is 0.361 e. The smallest absolute Gasteiger partial charge is 0.111 e. The summed E-state index contributed by atoms with van der Waals surface area (Å²) in [6.45, 7) is 0.817. The molecule has 0 saturated carbocycles. The molecule has 2 aliphatic heterocycles. The van der Waals surface area contributed by atoms with E-state index in [2.05, 4.69) is 65.6 Å². The summed E-state index contributed by atoms with van der Waals surface area (Å²) in [4.78, 5) is 2.61. The van der Waals surface area contributed by atoms with Gasteiger partial charge in [-0.15, -0.1) is 0 Å². The van der Waals surface area contributed by atoms with E-state index in [1.54, 1.807) is 0 Å². The predicted molar refractivity (Wildman–Crippen MR) is 83.8 cm³/mol. The van der Waals surface area contributed by atoms with Gasteiger partial charge >= 0.3 is 0 Å². The summed E-state index contributed by atoms with van der Waals surface area (Å²) < 4.78 is 6.10. The Hall–Kier alpha value is -1.64. The van der Waals surface area contributed by atoms with Gasteiger partial charge in [0.15, 0.2) is 0 Å². The average molecular weight is 279 g/mol. The molecule has 0 amide bonds. The number of hydrogen-bond acceptors (Lipinski definition) is 2. The lowest BCUT2D eigenvalue weighted by atomic mass is 9.92. The molecule has 2 fully saturated rings. The highest BCUT2D eigenvalue weighted by molar-refractivity contribution is 5.24. The zero-order chi connectivity index (χ0) is 14.1. The van der Waals surface area contributed by atoms with Crippen LogP contribution in [0.2, 0.25) is 0 Å². The fraction of sp³-hybridized carbons (Fsp3) is 0.368. The number of nitrogens with zero attached hydrogens (tertiary/aromatic N) is 1. The molecule has 2 aromatic rings. The minimum atomic E-state index is 0.286. The fourth-order valence-electron chi connectivity index (χ4n) is 3.82. The molecule has 2 aliphatic rings. The van der Waals surface area contributed by atoms with Crippen LogP contribution in [0.1, 0.15) is 42.5 Å². The van der Waals surface area contributed by atoms with Crippen molar-refractivity contribution in [3.63, 3.8) is 0 Å². The van der Waals surface area contributed by atoms with Crippen LogP contribution in [0.3, 0.4) is 0 Å². The minimum Gasteiger partial charge on any atom is -0.361 e. The van der Waals surface area contributed by atoms with Gasteiger partial charge in [-0.3, -0.25) is 4.90 Å². The van der Waals surface area contributed by atoms with Gasteiger partial charge in [0.2, 0.25) is 0 Å². The summed E-state index contributed by atoms with van der Waals surface area (Å²) in [6, 6.07) is 22.6. The molecular formula is C19H21NO. The molecule has 4 rings (SSSR count). The quantitative estimate of drug-likeness (QED) is 0.812. The van der Waals surface area contributed by atoms with Crippen molar-refractivity contribution in [2.45, 2.75) is 37.6 Å². The maximum atomic E-state index is 6.10. The molecule has 2 saturated heterocycles. The first kappa shape index (κ1) is 13.1. The number of benzene rings is 2. The van der Waals surface area contributed by atoms with Crippen molar-refractivity contribution in [2.24, 2.45) is 0 Å². The SMILES string of the molecule is c1ccc([C@H]2CCC[C@@H]3OC[C@H](c4ccccc4)N32)cc1. The Bertz CT molecular complexity index is 583. The number of ether oxygens (including phenoxy) is 1.